The van der Waals surface area contributed by atoms with Crippen molar-refractivity contribution in [3.8, 4) is 5.75 Å². The van der Waals surface area contributed by atoms with Crippen LogP contribution in [0, 0.1) is 5.92 Å². The predicted molar refractivity (Wildman–Crippen MR) is 96.1 cm³/mol. The lowest BCUT2D eigenvalue weighted by molar-refractivity contribution is -0.122. The van der Waals surface area contributed by atoms with Gasteiger partial charge >= 0.3 is 0 Å². The maximum atomic E-state index is 12.1. The number of hydrogen-bond donors (Lipinski definition) is 2. The van der Waals surface area contributed by atoms with Crippen LogP contribution in [-0.2, 0) is 11.2 Å². The highest BCUT2D eigenvalue weighted by Crippen LogP contribution is 2.23. The zero-order valence-corrected chi connectivity index (χ0v) is 14.7. The SMILES string of the molecule is CCOc1ccc(CCC(=O)NC2CCCCC2CN)cc1.Cl. The van der Waals surface area contributed by atoms with Gasteiger partial charge < -0.3 is 15.8 Å². The minimum atomic E-state index is 0. The number of carbonyl (C=O) groups excluding carboxylic acids is 1. The zero-order chi connectivity index (χ0) is 15.8. The highest BCUT2D eigenvalue weighted by atomic mass is 35.5. The van der Waals surface area contributed by atoms with Crippen LogP contribution in [0.25, 0.3) is 0 Å². The first kappa shape index (κ1) is 19.8. The lowest BCUT2D eigenvalue weighted by Crippen LogP contribution is -2.44. The molecular formula is C18H29ClN2O2. The Morgan fingerprint density at radius 3 is 2.61 bits per heavy atom. The van der Waals surface area contributed by atoms with E-state index in [4.69, 9.17) is 10.5 Å². The molecule has 4 nitrogen and oxygen atoms in total. The second-order valence-electron chi connectivity index (χ2n) is 6.03. The molecule has 2 unspecified atom stereocenters. The molecule has 2 rings (SSSR count). The summed E-state index contributed by atoms with van der Waals surface area (Å²) >= 11 is 0. The van der Waals surface area contributed by atoms with E-state index in [0.717, 1.165) is 30.6 Å². The minimum absolute atomic E-state index is 0. The third-order valence-electron chi connectivity index (χ3n) is 4.43. The van der Waals surface area contributed by atoms with Crippen LogP contribution in [0.1, 0.15) is 44.6 Å². The number of hydrogen-bond acceptors (Lipinski definition) is 3. The van der Waals surface area contributed by atoms with Gasteiger partial charge in [0, 0.05) is 12.5 Å². The molecule has 0 aliphatic heterocycles. The van der Waals surface area contributed by atoms with E-state index in [-0.39, 0.29) is 24.4 Å². The fourth-order valence-electron chi connectivity index (χ4n) is 3.14. The van der Waals surface area contributed by atoms with Gasteiger partial charge in [0.2, 0.25) is 5.91 Å². The molecule has 0 radical (unpaired) electrons. The Hall–Kier alpha value is -1.26. The number of amides is 1. The van der Waals surface area contributed by atoms with E-state index in [9.17, 15) is 4.79 Å². The molecule has 0 heterocycles. The van der Waals surface area contributed by atoms with Crippen LogP contribution in [0.3, 0.4) is 0 Å². The van der Waals surface area contributed by atoms with E-state index in [2.05, 4.69) is 5.32 Å². The van der Waals surface area contributed by atoms with Crippen molar-refractivity contribution in [2.45, 2.75) is 51.5 Å². The number of rotatable bonds is 7. The van der Waals surface area contributed by atoms with Crippen molar-refractivity contribution >= 4 is 18.3 Å². The number of benzene rings is 1. The Bertz CT molecular complexity index is 465. The smallest absolute Gasteiger partial charge is 0.220 e. The van der Waals surface area contributed by atoms with Gasteiger partial charge in [0.05, 0.1) is 6.61 Å². The quantitative estimate of drug-likeness (QED) is 0.801. The van der Waals surface area contributed by atoms with E-state index < -0.39 is 0 Å². The molecular weight excluding hydrogens is 312 g/mol. The largest absolute Gasteiger partial charge is 0.494 e. The van der Waals surface area contributed by atoms with Crippen LogP contribution in [0.4, 0.5) is 0 Å². The van der Waals surface area contributed by atoms with Crippen molar-refractivity contribution in [1.29, 1.82) is 0 Å². The number of aryl methyl sites for hydroxylation is 1. The molecule has 1 aliphatic carbocycles. The summed E-state index contributed by atoms with van der Waals surface area (Å²) in [5, 5.41) is 3.18. The maximum absolute atomic E-state index is 12.1. The average molecular weight is 341 g/mol. The van der Waals surface area contributed by atoms with Gasteiger partial charge in [-0.05, 0) is 56.3 Å². The normalized spacial score (nSPS) is 20.4. The lowest BCUT2D eigenvalue weighted by Gasteiger charge is -2.31. The van der Waals surface area contributed by atoms with Crippen molar-refractivity contribution in [2.75, 3.05) is 13.2 Å². The molecule has 1 aromatic rings. The molecule has 1 aliphatic rings. The van der Waals surface area contributed by atoms with E-state index in [1.165, 1.54) is 12.8 Å². The van der Waals surface area contributed by atoms with Crippen LogP contribution < -0.4 is 15.8 Å². The summed E-state index contributed by atoms with van der Waals surface area (Å²) in [5.74, 6) is 1.46. The fraction of sp³-hybridized carbons (Fsp3) is 0.611. The average Bonchev–Trinajstić information content (AvgIpc) is 2.55. The molecule has 3 N–H and O–H groups in total. The first-order chi connectivity index (χ1) is 10.7. The highest BCUT2D eigenvalue weighted by molar-refractivity contribution is 5.85. The van der Waals surface area contributed by atoms with Crippen LogP contribution >= 0.6 is 12.4 Å². The van der Waals surface area contributed by atoms with Crippen LogP contribution in [0.2, 0.25) is 0 Å². The second-order valence-corrected chi connectivity index (χ2v) is 6.03. The molecule has 1 saturated carbocycles. The topological polar surface area (TPSA) is 64.3 Å². The summed E-state index contributed by atoms with van der Waals surface area (Å²) in [5.41, 5.74) is 6.97. The Balaban J connectivity index is 0.00000264. The summed E-state index contributed by atoms with van der Waals surface area (Å²) in [6, 6.07) is 8.25. The molecule has 0 spiro atoms. The Kier molecular flexibility index (Phi) is 9.03. The molecule has 23 heavy (non-hydrogen) atoms. The number of nitrogens with two attached hydrogens (primary N) is 1. The zero-order valence-electron chi connectivity index (χ0n) is 13.9. The van der Waals surface area contributed by atoms with Crippen molar-refractivity contribution < 1.29 is 9.53 Å². The van der Waals surface area contributed by atoms with Gasteiger partial charge in [-0.2, -0.15) is 0 Å². The molecule has 1 fully saturated rings. The number of halogens is 1. The summed E-state index contributed by atoms with van der Waals surface area (Å²) in [7, 11) is 0. The molecule has 0 bridgehead atoms. The Morgan fingerprint density at radius 2 is 1.96 bits per heavy atom. The maximum Gasteiger partial charge on any atom is 0.220 e. The van der Waals surface area contributed by atoms with Gasteiger partial charge in [-0.25, -0.2) is 0 Å². The Morgan fingerprint density at radius 1 is 1.26 bits per heavy atom. The van der Waals surface area contributed by atoms with Gasteiger partial charge in [0.15, 0.2) is 0 Å². The molecule has 130 valence electrons. The lowest BCUT2D eigenvalue weighted by atomic mass is 9.84. The van der Waals surface area contributed by atoms with Crippen LogP contribution in [0.15, 0.2) is 24.3 Å². The van der Waals surface area contributed by atoms with Gasteiger partial charge in [-0.15, -0.1) is 12.4 Å². The molecule has 0 aromatic heterocycles. The monoisotopic (exact) mass is 340 g/mol. The highest BCUT2D eigenvalue weighted by Gasteiger charge is 2.24. The molecule has 1 amide bonds. The Labute approximate surface area is 145 Å². The van der Waals surface area contributed by atoms with E-state index >= 15 is 0 Å². The summed E-state index contributed by atoms with van der Waals surface area (Å²) in [4.78, 5) is 12.1. The molecule has 1 aromatic carbocycles. The standard InChI is InChI=1S/C18H28N2O2.ClH/c1-2-22-16-10-7-14(8-11-16)9-12-18(21)20-17-6-4-3-5-15(17)13-19;/h7-8,10-11,15,17H,2-6,9,12-13,19H2,1H3,(H,20,21);1H. The third kappa shape index (κ3) is 6.40. The number of ether oxygens (including phenoxy) is 1. The predicted octanol–water partition coefficient (Wildman–Crippen LogP) is 3.07. The number of nitrogens with one attached hydrogen (secondary N) is 1. The van der Waals surface area contributed by atoms with Gasteiger partial charge in [-0.3, -0.25) is 4.79 Å². The summed E-state index contributed by atoms with van der Waals surface area (Å²) in [6.45, 7) is 3.31. The van der Waals surface area contributed by atoms with E-state index in [1.807, 2.05) is 31.2 Å². The summed E-state index contributed by atoms with van der Waals surface area (Å²) in [6.07, 6.45) is 5.93. The molecule has 2 atom stereocenters. The van der Waals surface area contributed by atoms with Crippen molar-refractivity contribution in [3.63, 3.8) is 0 Å². The van der Waals surface area contributed by atoms with Crippen molar-refractivity contribution in [2.24, 2.45) is 11.7 Å². The first-order valence-electron chi connectivity index (χ1n) is 8.44. The second kappa shape index (κ2) is 10.5. The minimum Gasteiger partial charge on any atom is -0.494 e. The first-order valence-corrected chi connectivity index (χ1v) is 8.44. The number of carbonyl (C=O) groups is 1. The molecule has 0 saturated heterocycles. The van der Waals surface area contributed by atoms with Gasteiger partial charge in [0.1, 0.15) is 5.75 Å². The van der Waals surface area contributed by atoms with Crippen molar-refractivity contribution in [3.05, 3.63) is 29.8 Å². The van der Waals surface area contributed by atoms with Crippen LogP contribution in [0.5, 0.6) is 5.75 Å². The van der Waals surface area contributed by atoms with Crippen LogP contribution in [-0.4, -0.2) is 25.1 Å². The van der Waals surface area contributed by atoms with E-state index in [0.29, 0.717) is 25.5 Å². The summed E-state index contributed by atoms with van der Waals surface area (Å²) < 4.78 is 5.42. The van der Waals surface area contributed by atoms with Gasteiger partial charge in [0.25, 0.3) is 0 Å². The third-order valence-corrected chi connectivity index (χ3v) is 4.43. The molecule has 5 heteroatoms. The van der Waals surface area contributed by atoms with Crippen molar-refractivity contribution in [1.82, 2.24) is 5.32 Å². The van der Waals surface area contributed by atoms with E-state index in [1.54, 1.807) is 0 Å². The fourth-order valence-corrected chi connectivity index (χ4v) is 3.14. The van der Waals surface area contributed by atoms with Gasteiger partial charge in [-0.1, -0.05) is 25.0 Å².